The van der Waals surface area contributed by atoms with Crippen molar-refractivity contribution in [2.24, 2.45) is 0 Å². The molecule has 1 aliphatic rings. The van der Waals surface area contributed by atoms with Gasteiger partial charge in [0.05, 0.1) is 10.9 Å². The molecule has 2 heterocycles. The van der Waals surface area contributed by atoms with Crippen LogP contribution in [0.5, 0.6) is 0 Å². The molecule has 9 nitrogen and oxygen atoms in total. The van der Waals surface area contributed by atoms with Crippen LogP contribution in [0.15, 0.2) is 52.1 Å². The van der Waals surface area contributed by atoms with Crippen molar-refractivity contribution in [3.63, 3.8) is 0 Å². The second kappa shape index (κ2) is 9.39. The van der Waals surface area contributed by atoms with Gasteiger partial charge in [-0.05, 0) is 69.2 Å². The van der Waals surface area contributed by atoms with Gasteiger partial charge in [-0.1, -0.05) is 24.4 Å². The molecule has 0 spiro atoms. The van der Waals surface area contributed by atoms with Crippen molar-refractivity contribution < 1.29 is 9.59 Å². The highest BCUT2D eigenvalue weighted by Crippen LogP contribution is 2.20. The minimum Gasteiger partial charge on any atom is -0.349 e. The van der Waals surface area contributed by atoms with Crippen LogP contribution in [-0.4, -0.2) is 36.5 Å². The van der Waals surface area contributed by atoms with Crippen LogP contribution >= 0.6 is 11.6 Å². The molecular weight excluding hydrogens is 482 g/mol. The smallest absolute Gasteiger partial charge is 0.349 e. The summed E-state index contributed by atoms with van der Waals surface area (Å²) in [5.74, 6) is -0.454. The van der Waals surface area contributed by atoms with E-state index < -0.39 is 5.69 Å². The summed E-state index contributed by atoms with van der Waals surface area (Å²) in [6.07, 6.45) is 4.05. The zero-order chi connectivity index (χ0) is 25.6. The average molecular weight is 508 g/mol. The Morgan fingerprint density at radius 3 is 2.39 bits per heavy atom. The van der Waals surface area contributed by atoms with Gasteiger partial charge in [0.1, 0.15) is 6.54 Å². The van der Waals surface area contributed by atoms with Gasteiger partial charge in [-0.15, -0.1) is 5.10 Å². The van der Waals surface area contributed by atoms with Crippen molar-refractivity contribution in [3.8, 4) is 0 Å². The van der Waals surface area contributed by atoms with Crippen LogP contribution in [0.4, 0.5) is 0 Å². The fourth-order valence-corrected chi connectivity index (χ4v) is 4.92. The third-order valence-corrected chi connectivity index (χ3v) is 6.91. The van der Waals surface area contributed by atoms with E-state index >= 15 is 0 Å². The Hall–Kier alpha value is -3.72. The van der Waals surface area contributed by atoms with Crippen molar-refractivity contribution in [1.82, 2.24) is 24.1 Å². The monoisotopic (exact) mass is 507 g/mol. The molecule has 10 heteroatoms. The van der Waals surface area contributed by atoms with Gasteiger partial charge in [-0.3, -0.25) is 19.0 Å². The first kappa shape index (κ1) is 24.0. The normalized spacial score (nSPS) is 14.2. The van der Waals surface area contributed by atoms with Gasteiger partial charge in [-0.2, -0.15) is 0 Å². The molecule has 36 heavy (non-hydrogen) atoms. The largest absolute Gasteiger partial charge is 0.352 e. The molecular formula is C26H26ClN5O4. The number of nitrogens with one attached hydrogen (secondary N) is 1. The van der Waals surface area contributed by atoms with Gasteiger partial charge >= 0.3 is 5.69 Å². The third kappa shape index (κ3) is 4.24. The molecule has 1 saturated carbocycles. The number of Topliss-reactive ketones (excluding diaryl/α,β-unsaturated/α-hetero) is 1. The molecule has 5 rings (SSSR count). The lowest BCUT2D eigenvalue weighted by Crippen LogP contribution is -2.33. The lowest BCUT2D eigenvalue weighted by molar-refractivity contribution is 0.0936. The van der Waals surface area contributed by atoms with Gasteiger partial charge in [0.2, 0.25) is 5.78 Å². The van der Waals surface area contributed by atoms with E-state index in [1.165, 1.54) is 8.97 Å². The SMILES string of the molecule is CC(C)n1c(=O)c2ccc(C(=O)NC3CCCC3)cc2n2c(=O)n(CC(=O)c3ccc(Cl)cc3)nc12. The molecule has 0 bridgehead atoms. The quantitative estimate of drug-likeness (QED) is 0.401. The lowest BCUT2D eigenvalue weighted by atomic mass is 10.1. The number of rotatable bonds is 6. The third-order valence-electron chi connectivity index (χ3n) is 6.65. The van der Waals surface area contributed by atoms with Crippen LogP contribution in [0.25, 0.3) is 16.7 Å². The Balaban J connectivity index is 1.64. The number of halogens is 1. The van der Waals surface area contributed by atoms with Gasteiger partial charge in [0, 0.05) is 28.2 Å². The summed E-state index contributed by atoms with van der Waals surface area (Å²) in [4.78, 5) is 52.6. The molecule has 0 radical (unpaired) electrons. The highest BCUT2D eigenvalue weighted by atomic mass is 35.5. The van der Waals surface area contributed by atoms with Gasteiger partial charge in [0.25, 0.3) is 11.5 Å². The molecule has 2 aromatic heterocycles. The number of fused-ring (bicyclic) bond motifs is 3. The Labute approximate surface area is 211 Å². The molecule has 0 atom stereocenters. The number of amides is 1. The maximum Gasteiger partial charge on any atom is 0.352 e. The number of carbonyl (C=O) groups excluding carboxylic acids is 2. The van der Waals surface area contributed by atoms with E-state index in [0.717, 1.165) is 30.4 Å². The maximum absolute atomic E-state index is 13.5. The number of nitrogens with zero attached hydrogens (tertiary/aromatic N) is 4. The summed E-state index contributed by atoms with van der Waals surface area (Å²) >= 11 is 5.91. The van der Waals surface area contributed by atoms with E-state index in [9.17, 15) is 19.2 Å². The van der Waals surface area contributed by atoms with Crippen LogP contribution in [0.1, 0.15) is 66.3 Å². The van der Waals surface area contributed by atoms with Crippen molar-refractivity contribution in [3.05, 3.63) is 79.5 Å². The summed E-state index contributed by atoms with van der Waals surface area (Å²) in [5, 5.41) is 8.19. The van der Waals surface area contributed by atoms with E-state index in [0.29, 0.717) is 21.5 Å². The average Bonchev–Trinajstić information content (AvgIpc) is 3.47. The molecule has 1 amide bonds. The molecule has 4 aromatic rings. The molecule has 1 N–H and O–H groups in total. The highest BCUT2D eigenvalue weighted by Gasteiger charge is 2.23. The molecule has 1 aliphatic carbocycles. The summed E-state index contributed by atoms with van der Waals surface area (Å²) in [6, 6.07) is 10.9. The Bertz CT molecular complexity index is 1610. The standard InChI is InChI=1S/C26H26ClN5O4/c1-15(2)31-24(35)20-12-9-17(23(34)28-19-5-3-4-6-19)13-21(20)32-25(31)29-30(26(32)36)14-22(33)16-7-10-18(27)11-8-16/h7-13,15,19H,3-6,14H2,1-2H3,(H,28,34). The Kier molecular flexibility index (Phi) is 6.26. The van der Waals surface area contributed by atoms with Crippen LogP contribution in [0, 0.1) is 0 Å². The molecule has 2 aromatic carbocycles. The first-order valence-electron chi connectivity index (χ1n) is 12.0. The highest BCUT2D eigenvalue weighted by molar-refractivity contribution is 6.30. The molecule has 1 fully saturated rings. The first-order valence-corrected chi connectivity index (χ1v) is 12.4. The Morgan fingerprint density at radius 1 is 1.06 bits per heavy atom. The first-order chi connectivity index (χ1) is 17.2. The molecule has 186 valence electrons. The van der Waals surface area contributed by atoms with Crippen LogP contribution in [0.2, 0.25) is 5.02 Å². The summed E-state index contributed by atoms with van der Waals surface area (Å²) in [6.45, 7) is 3.33. The number of aromatic nitrogens is 4. The predicted octanol–water partition coefficient (Wildman–Crippen LogP) is 3.60. The number of hydrogen-bond acceptors (Lipinski definition) is 5. The fourth-order valence-electron chi connectivity index (χ4n) is 4.79. The fraction of sp³-hybridized carbons (Fsp3) is 0.346. The second-order valence-corrected chi connectivity index (χ2v) is 9.90. The van der Waals surface area contributed by atoms with Gasteiger partial charge in [-0.25, -0.2) is 13.9 Å². The minimum absolute atomic E-state index is 0.116. The minimum atomic E-state index is -0.569. The van der Waals surface area contributed by atoms with Crippen molar-refractivity contribution in [2.45, 2.75) is 58.2 Å². The molecule has 0 saturated heterocycles. The number of hydrogen-bond donors (Lipinski definition) is 1. The maximum atomic E-state index is 13.5. The van der Waals surface area contributed by atoms with Crippen molar-refractivity contribution >= 4 is 40.0 Å². The van der Waals surface area contributed by atoms with E-state index in [2.05, 4.69) is 10.4 Å². The van der Waals surface area contributed by atoms with E-state index in [1.807, 2.05) is 13.8 Å². The summed E-state index contributed by atoms with van der Waals surface area (Å²) < 4.78 is 3.78. The van der Waals surface area contributed by atoms with Crippen LogP contribution < -0.4 is 16.6 Å². The lowest BCUT2D eigenvalue weighted by Gasteiger charge is -2.14. The topological polar surface area (TPSA) is 107 Å². The number of benzene rings is 2. The van der Waals surface area contributed by atoms with Crippen LogP contribution in [0.3, 0.4) is 0 Å². The van der Waals surface area contributed by atoms with Gasteiger partial charge < -0.3 is 5.32 Å². The predicted molar refractivity (Wildman–Crippen MR) is 137 cm³/mol. The van der Waals surface area contributed by atoms with Crippen molar-refractivity contribution in [2.75, 3.05) is 0 Å². The zero-order valence-corrected chi connectivity index (χ0v) is 20.8. The Morgan fingerprint density at radius 2 is 1.72 bits per heavy atom. The summed E-state index contributed by atoms with van der Waals surface area (Å²) in [7, 11) is 0. The zero-order valence-electron chi connectivity index (χ0n) is 20.0. The molecule has 0 unspecified atom stereocenters. The number of ketones is 1. The second-order valence-electron chi connectivity index (χ2n) is 9.46. The van der Waals surface area contributed by atoms with Gasteiger partial charge in [0.15, 0.2) is 5.78 Å². The van der Waals surface area contributed by atoms with Crippen LogP contribution in [-0.2, 0) is 6.54 Å². The van der Waals surface area contributed by atoms with Crippen molar-refractivity contribution in [1.29, 1.82) is 0 Å². The van der Waals surface area contributed by atoms with E-state index in [1.54, 1.807) is 42.5 Å². The number of carbonyl (C=O) groups is 2. The van der Waals surface area contributed by atoms with E-state index in [4.69, 9.17) is 11.6 Å². The summed E-state index contributed by atoms with van der Waals surface area (Å²) in [5.41, 5.74) is 0.132. The van der Waals surface area contributed by atoms with E-state index in [-0.39, 0.29) is 47.2 Å². The molecule has 0 aliphatic heterocycles.